The van der Waals surface area contributed by atoms with Gasteiger partial charge in [0.05, 0.1) is 17.8 Å². The lowest BCUT2D eigenvalue weighted by molar-refractivity contribution is 0.403. The van der Waals surface area contributed by atoms with E-state index in [-0.39, 0.29) is 20.7 Å². The molecule has 1 N–H and O–H groups in total. The molecule has 0 bridgehead atoms. The highest BCUT2D eigenvalue weighted by atomic mass is 35.5. The zero-order valence-corrected chi connectivity index (χ0v) is 14.9. The van der Waals surface area contributed by atoms with Gasteiger partial charge in [0.2, 0.25) is 0 Å². The van der Waals surface area contributed by atoms with Gasteiger partial charge in [-0.05, 0) is 23.6 Å². The lowest BCUT2D eigenvalue weighted by Crippen LogP contribution is -2.14. The van der Waals surface area contributed by atoms with E-state index in [1.54, 1.807) is 12.1 Å². The number of nitrogens with one attached hydrogen (secondary N) is 1. The average Bonchev–Trinajstić information content (AvgIpc) is 2.57. The molecular formula is C17H13Cl2NO3S. The monoisotopic (exact) mass is 381 g/mol. The van der Waals surface area contributed by atoms with Crippen LogP contribution in [-0.4, -0.2) is 15.5 Å². The smallest absolute Gasteiger partial charge is 0.265 e. The fourth-order valence-electron chi connectivity index (χ4n) is 2.43. The number of ether oxygens (including phenoxy) is 1. The summed E-state index contributed by atoms with van der Waals surface area (Å²) in [7, 11) is -2.56. The van der Waals surface area contributed by atoms with Gasteiger partial charge in [0.25, 0.3) is 10.0 Å². The highest BCUT2D eigenvalue weighted by molar-refractivity contribution is 7.92. The summed E-state index contributed by atoms with van der Waals surface area (Å²) in [6.07, 6.45) is 0. The van der Waals surface area contributed by atoms with Crippen molar-refractivity contribution in [2.75, 3.05) is 11.8 Å². The summed E-state index contributed by atoms with van der Waals surface area (Å²) >= 11 is 12.0. The molecule has 24 heavy (non-hydrogen) atoms. The first-order valence-corrected chi connectivity index (χ1v) is 9.20. The van der Waals surface area contributed by atoms with E-state index in [0.29, 0.717) is 5.69 Å². The molecule has 0 heterocycles. The number of benzene rings is 3. The highest BCUT2D eigenvalue weighted by Gasteiger charge is 2.23. The Labute approximate surface area is 150 Å². The normalized spacial score (nSPS) is 11.5. The molecule has 3 aromatic rings. The topological polar surface area (TPSA) is 55.4 Å². The molecule has 0 unspecified atom stereocenters. The summed E-state index contributed by atoms with van der Waals surface area (Å²) in [5.74, 6) is 0.0110. The van der Waals surface area contributed by atoms with Crippen LogP contribution < -0.4 is 9.46 Å². The molecule has 124 valence electrons. The molecule has 7 heteroatoms. The van der Waals surface area contributed by atoms with Crippen LogP contribution in [0.2, 0.25) is 10.0 Å². The Morgan fingerprint density at radius 2 is 1.67 bits per heavy atom. The van der Waals surface area contributed by atoms with E-state index < -0.39 is 10.0 Å². The van der Waals surface area contributed by atoms with Crippen molar-refractivity contribution in [1.29, 1.82) is 0 Å². The Balaban J connectivity index is 2.11. The number of sulfonamides is 1. The summed E-state index contributed by atoms with van der Waals surface area (Å²) < 4.78 is 33.3. The number of anilines is 1. The van der Waals surface area contributed by atoms with Crippen molar-refractivity contribution in [3.8, 4) is 5.75 Å². The standard InChI is InChI=1S/C17H13Cl2NO3S/c1-23-17-15(10-9-13(18)16(17)19)24(21,22)20-14-8-4-6-11-5-2-3-7-12(11)14/h2-10,20H,1H3. The molecular weight excluding hydrogens is 369 g/mol. The Morgan fingerprint density at radius 1 is 0.958 bits per heavy atom. The number of hydrogen-bond acceptors (Lipinski definition) is 3. The first-order chi connectivity index (χ1) is 11.4. The molecule has 4 nitrogen and oxygen atoms in total. The van der Waals surface area contributed by atoms with Crippen molar-refractivity contribution in [2.24, 2.45) is 0 Å². The second-order valence-electron chi connectivity index (χ2n) is 5.02. The molecule has 0 atom stereocenters. The second kappa shape index (κ2) is 6.51. The van der Waals surface area contributed by atoms with E-state index in [9.17, 15) is 8.42 Å². The van der Waals surface area contributed by atoms with Gasteiger partial charge < -0.3 is 4.74 Å². The van der Waals surface area contributed by atoms with E-state index in [1.165, 1.54) is 19.2 Å². The van der Waals surface area contributed by atoms with E-state index in [1.807, 2.05) is 30.3 Å². The van der Waals surface area contributed by atoms with Crippen LogP contribution in [0.3, 0.4) is 0 Å². The van der Waals surface area contributed by atoms with Crippen LogP contribution in [0.5, 0.6) is 5.75 Å². The molecule has 0 radical (unpaired) electrons. The summed E-state index contributed by atoms with van der Waals surface area (Å²) in [6.45, 7) is 0. The minimum Gasteiger partial charge on any atom is -0.494 e. The maximum Gasteiger partial charge on any atom is 0.265 e. The average molecular weight is 382 g/mol. The molecule has 3 aromatic carbocycles. The van der Waals surface area contributed by atoms with Crippen LogP contribution in [0.1, 0.15) is 0 Å². The molecule has 0 spiro atoms. The van der Waals surface area contributed by atoms with Gasteiger partial charge in [-0.15, -0.1) is 0 Å². The van der Waals surface area contributed by atoms with Gasteiger partial charge in [0.1, 0.15) is 9.92 Å². The van der Waals surface area contributed by atoms with Crippen LogP contribution in [0.4, 0.5) is 5.69 Å². The Morgan fingerprint density at radius 3 is 2.42 bits per heavy atom. The first-order valence-electron chi connectivity index (χ1n) is 6.96. The van der Waals surface area contributed by atoms with Crippen molar-refractivity contribution in [1.82, 2.24) is 0 Å². The van der Waals surface area contributed by atoms with Gasteiger partial charge in [-0.1, -0.05) is 59.6 Å². The Bertz CT molecular complexity index is 1010. The van der Waals surface area contributed by atoms with Crippen LogP contribution in [0.15, 0.2) is 59.5 Å². The minimum absolute atomic E-state index is 0.0110. The van der Waals surface area contributed by atoms with Crippen molar-refractivity contribution in [3.63, 3.8) is 0 Å². The number of fused-ring (bicyclic) bond motifs is 1. The minimum atomic E-state index is -3.90. The van der Waals surface area contributed by atoms with Crippen LogP contribution >= 0.6 is 23.2 Å². The van der Waals surface area contributed by atoms with E-state index in [2.05, 4.69) is 4.72 Å². The van der Waals surface area contributed by atoms with Crippen LogP contribution in [0, 0.1) is 0 Å². The molecule has 0 aliphatic rings. The fourth-order valence-corrected chi connectivity index (χ4v) is 4.13. The predicted octanol–water partition coefficient (Wildman–Crippen LogP) is 4.96. The van der Waals surface area contributed by atoms with Crippen LogP contribution in [0.25, 0.3) is 10.8 Å². The number of methoxy groups -OCH3 is 1. The van der Waals surface area contributed by atoms with Crippen molar-refractivity contribution in [2.45, 2.75) is 4.90 Å². The molecule has 0 saturated carbocycles. The maximum absolute atomic E-state index is 12.8. The summed E-state index contributed by atoms with van der Waals surface area (Å²) in [5.41, 5.74) is 0.473. The van der Waals surface area contributed by atoms with Crippen molar-refractivity contribution in [3.05, 3.63) is 64.6 Å². The zero-order valence-electron chi connectivity index (χ0n) is 12.6. The van der Waals surface area contributed by atoms with Gasteiger partial charge in [-0.25, -0.2) is 8.42 Å². The maximum atomic E-state index is 12.8. The summed E-state index contributed by atoms with van der Waals surface area (Å²) in [5, 5.41) is 2.00. The van der Waals surface area contributed by atoms with Gasteiger partial charge in [-0.3, -0.25) is 4.72 Å². The molecule has 0 amide bonds. The van der Waals surface area contributed by atoms with Gasteiger partial charge >= 0.3 is 0 Å². The van der Waals surface area contributed by atoms with Crippen molar-refractivity contribution < 1.29 is 13.2 Å². The SMILES string of the molecule is COc1c(S(=O)(=O)Nc2cccc3ccccc23)ccc(Cl)c1Cl. The second-order valence-corrected chi connectivity index (χ2v) is 7.46. The first kappa shape index (κ1) is 16.9. The van der Waals surface area contributed by atoms with Gasteiger partial charge in [0, 0.05) is 5.39 Å². The third-order valence-electron chi connectivity index (χ3n) is 3.54. The quantitative estimate of drug-likeness (QED) is 0.694. The lowest BCUT2D eigenvalue weighted by atomic mass is 10.1. The summed E-state index contributed by atoms with van der Waals surface area (Å²) in [4.78, 5) is -0.0765. The zero-order chi connectivity index (χ0) is 17.3. The third-order valence-corrected chi connectivity index (χ3v) is 5.72. The van der Waals surface area contributed by atoms with Crippen LogP contribution in [-0.2, 0) is 10.0 Å². The summed E-state index contributed by atoms with van der Waals surface area (Å²) in [6, 6.07) is 15.7. The Kier molecular flexibility index (Phi) is 4.58. The molecule has 0 saturated heterocycles. The predicted molar refractivity (Wildman–Crippen MR) is 97.8 cm³/mol. The molecule has 0 aliphatic carbocycles. The Hall–Kier alpha value is -1.95. The number of rotatable bonds is 4. The van der Waals surface area contributed by atoms with E-state index in [4.69, 9.17) is 27.9 Å². The number of halogens is 2. The fraction of sp³-hybridized carbons (Fsp3) is 0.0588. The number of hydrogen-bond donors (Lipinski definition) is 1. The molecule has 3 rings (SSSR count). The van der Waals surface area contributed by atoms with Gasteiger partial charge in [-0.2, -0.15) is 0 Å². The molecule has 0 fully saturated rings. The van der Waals surface area contributed by atoms with Gasteiger partial charge in [0.15, 0.2) is 5.75 Å². The van der Waals surface area contributed by atoms with Crippen molar-refractivity contribution >= 4 is 49.7 Å². The van der Waals surface area contributed by atoms with E-state index >= 15 is 0 Å². The third kappa shape index (κ3) is 3.02. The highest BCUT2D eigenvalue weighted by Crippen LogP contribution is 2.38. The van der Waals surface area contributed by atoms with E-state index in [0.717, 1.165) is 10.8 Å². The molecule has 0 aromatic heterocycles. The molecule has 0 aliphatic heterocycles. The largest absolute Gasteiger partial charge is 0.494 e. The lowest BCUT2D eigenvalue weighted by Gasteiger charge is -2.14.